The quantitative estimate of drug-likeness (QED) is 0.814. The predicted molar refractivity (Wildman–Crippen MR) is 65.0 cm³/mol. The van der Waals surface area contributed by atoms with Crippen LogP contribution >= 0.6 is 0 Å². The molecule has 0 aromatic carbocycles. The number of nitrogens with zero attached hydrogens (tertiary/aromatic N) is 3. The van der Waals surface area contributed by atoms with E-state index in [1.54, 1.807) is 13.4 Å². The molecule has 2 aliphatic rings. The Balaban J connectivity index is 1.81. The summed E-state index contributed by atoms with van der Waals surface area (Å²) in [6.07, 6.45) is 4.07. The van der Waals surface area contributed by atoms with E-state index < -0.39 is 0 Å². The van der Waals surface area contributed by atoms with Crippen LogP contribution in [0.25, 0.3) is 0 Å². The van der Waals surface area contributed by atoms with Crippen LogP contribution in [0.15, 0.2) is 12.4 Å². The highest BCUT2D eigenvalue weighted by Gasteiger charge is 2.40. The van der Waals surface area contributed by atoms with Gasteiger partial charge < -0.3 is 15.4 Å². The normalized spacial score (nSPS) is 31.6. The first-order valence-electron chi connectivity index (χ1n) is 6.14. The highest BCUT2D eigenvalue weighted by molar-refractivity contribution is 5.42. The van der Waals surface area contributed by atoms with Crippen molar-refractivity contribution in [1.29, 1.82) is 0 Å². The van der Waals surface area contributed by atoms with Gasteiger partial charge in [0.05, 0.1) is 7.11 Å². The van der Waals surface area contributed by atoms with Crippen LogP contribution in [-0.2, 0) is 0 Å². The Morgan fingerprint density at radius 2 is 2.00 bits per heavy atom. The summed E-state index contributed by atoms with van der Waals surface area (Å²) in [5, 5.41) is 0. The number of nitrogens with two attached hydrogens (primary N) is 1. The van der Waals surface area contributed by atoms with Gasteiger partial charge in [-0.15, -0.1) is 0 Å². The van der Waals surface area contributed by atoms with Gasteiger partial charge in [-0.05, 0) is 24.7 Å². The Morgan fingerprint density at radius 1 is 1.29 bits per heavy atom. The van der Waals surface area contributed by atoms with Gasteiger partial charge in [-0.3, -0.25) is 0 Å². The molecular weight excluding hydrogens is 216 g/mol. The zero-order valence-electron chi connectivity index (χ0n) is 10.0. The Bertz CT molecular complexity index is 397. The van der Waals surface area contributed by atoms with E-state index in [0.717, 1.165) is 18.9 Å². The van der Waals surface area contributed by atoms with Gasteiger partial charge in [0, 0.05) is 25.2 Å². The fraction of sp³-hybridized carbons (Fsp3) is 0.667. The highest BCUT2D eigenvalue weighted by Crippen LogP contribution is 2.37. The number of hydrogen-bond acceptors (Lipinski definition) is 5. The minimum Gasteiger partial charge on any atom is -0.481 e. The van der Waals surface area contributed by atoms with Gasteiger partial charge in [0.1, 0.15) is 12.1 Å². The van der Waals surface area contributed by atoms with Gasteiger partial charge in [-0.25, -0.2) is 9.97 Å². The number of anilines is 1. The summed E-state index contributed by atoms with van der Waals surface area (Å²) < 4.78 is 5.13. The zero-order chi connectivity index (χ0) is 11.8. The van der Waals surface area contributed by atoms with E-state index in [1.807, 2.05) is 6.07 Å². The number of piperidine rings is 1. The van der Waals surface area contributed by atoms with E-state index in [2.05, 4.69) is 14.9 Å². The van der Waals surface area contributed by atoms with Crippen LogP contribution in [0.3, 0.4) is 0 Å². The minimum absolute atomic E-state index is 0.384. The van der Waals surface area contributed by atoms with E-state index in [9.17, 15) is 0 Å². The summed E-state index contributed by atoms with van der Waals surface area (Å²) >= 11 is 0. The second-order valence-corrected chi connectivity index (χ2v) is 5.00. The second kappa shape index (κ2) is 4.14. The maximum Gasteiger partial charge on any atom is 0.218 e. The third-order valence-electron chi connectivity index (χ3n) is 4.07. The molecule has 0 radical (unpaired) electrons. The zero-order valence-corrected chi connectivity index (χ0v) is 10.0. The topological polar surface area (TPSA) is 64.3 Å². The Kier molecular flexibility index (Phi) is 2.63. The maximum absolute atomic E-state index is 6.20. The van der Waals surface area contributed by atoms with Crippen molar-refractivity contribution in [3.63, 3.8) is 0 Å². The number of rotatable bonds is 2. The first-order valence-corrected chi connectivity index (χ1v) is 6.14. The lowest BCUT2D eigenvalue weighted by molar-refractivity contribution is 0.353. The third-order valence-corrected chi connectivity index (χ3v) is 4.07. The average Bonchev–Trinajstić information content (AvgIpc) is 2.61. The van der Waals surface area contributed by atoms with Crippen molar-refractivity contribution in [3.05, 3.63) is 12.4 Å². The molecule has 5 heteroatoms. The molecule has 2 heterocycles. The monoisotopic (exact) mass is 234 g/mol. The van der Waals surface area contributed by atoms with E-state index in [4.69, 9.17) is 10.5 Å². The standard InChI is InChI=1S/C12H18N4O/c1-17-11-4-10(14-7-15-11)16-5-8-2-3-9(6-16)12(8)13/h4,7-9,12H,2-3,5-6,13H2,1H3/t8-,9+,12?. The summed E-state index contributed by atoms with van der Waals surface area (Å²) in [6.45, 7) is 2.02. The number of hydrogen-bond donors (Lipinski definition) is 1. The van der Waals surface area contributed by atoms with Gasteiger partial charge >= 0.3 is 0 Å². The van der Waals surface area contributed by atoms with Gasteiger partial charge in [0.2, 0.25) is 5.88 Å². The molecular formula is C12H18N4O. The van der Waals surface area contributed by atoms with Crippen molar-refractivity contribution in [2.75, 3.05) is 25.1 Å². The second-order valence-electron chi connectivity index (χ2n) is 5.00. The molecule has 1 aliphatic carbocycles. The lowest BCUT2D eigenvalue weighted by Gasteiger charge is -2.36. The SMILES string of the molecule is COc1cc(N2C[C@H]3CC[C@@H](C2)C3N)ncn1. The minimum atomic E-state index is 0.384. The predicted octanol–water partition coefficient (Wildman–Crippen LogP) is 0.659. The number of methoxy groups -OCH3 is 1. The van der Waals surface area contributed by atoms with Crippen molar-refractivity contribution in [1.82, 2.24) is 9.97 Å². The Hall–Kier alpha value is -1.36. The van der Waals surface area contributed by atoms with Crippen LogP contribution < -0.4 is 15.4 Å². The van der Waals surface area contributed by atoms with Gasteiger partial charge in [0.15, 0.2) is 0 Å². The lowest BCUT2D eigenvalue weighted by Crippen LogP contribution is -2.49. The summed E-state index contributed by atoms with van der Waals surface area (Å²) in [5.74, 6) is 2.82. The number of aromatic nitrogens is 2. The maximum atomic E-state index is 6.20. The molecule has 92 valence electrons. The van der Waals surface area contributed by atoms with E-state index >= 15 is 0 Å². The number of ether oxygens (including phenoxy) is 1. The van der Waals surface area contributed by atoms with Crippen molar-refractivity contribution < 1.29 is 4.74 Å². The van der Waals surface area contributed by atoms with Gasteiger partial charge in [-0.2, -0.15) is 0 Å². The summed E-state index contributed by atoms with van der Waals surface area (Å²) in [6, 6.07) is 2.28. The Morgan fingerprint density at radius 3 is 2.65 bits per heavy atom. The summed E-state index contributed by atoms with van der Waals surface area (Å²) in [7, 11) is 1.63. The van der Waals surface area contributed by atoms with E-state index in [0.29, 0.717) is 23.8 Å². The van der Waals surface area contributed by atoms with Gasteiger partial charge in [0.25, 0.3) is 0 Å². The van der Waals surface area contributed by atoms with Crippen LogP contribution in [0.2, 0.25) is 0 Å². The third kappa shape index (κ3) is 1.84. The summed E-state index contributed by atoms with van der Waals surface area (Å²) in [4.78, 5) is 10.7. The fourth-order valence-electron chi connectivity index (χ4n) is 3.07. The van der Waals surface area contributed by atoms with E-state index in [-0.39, 0.29) is 0 Å². The molecule has 3 rings (SSSR count). The molecule has 1 aliphatic heterocycles. The molecule has 2 fully saturated rings. The molecule has 17 heavy (non-hydrogen) atoms. The van der Waals surface area contributed by atoms with Gasteiger partial charge in [-0.1, -0.05) is 0 Å². The average molecular weight is 234 g/mol. The molecule has 5 nitrogen and oxygen atoms in total. The lowest BCUT2D eigenvalue weighted by atomic mass is 9.93. The van der Waals surface area contributed by atoms with Crippen molar-refractivity contribution in [2.45, 2.75) is 18.9 Å². The van der Waals surface area contributed by atoms with Crippen LogP contribution in [-0.4, -0.2) is 36.2 Å². The molecule has 2 N–H and O–H groups in total. The van der Waals surface area contributed by atoms with Crippen molar-refractivity contribution in [3.8, 4) is 5.88 Å². The fourth-order valence-corrected chi connectivity index (χ4v) is 3.07. The first-order chi connectivity index (χ1) is 8.28. The molecule has 2 bridgehead atoms. The molecule has 1 unspecified atom stereocenters. The molecule has 1 aromatic rings. The highest BCUT2D eigenvalue weighted by atomic mass is 16.5. The summed E-state index contributed by atoms with van der Waals surface area (Å²) in [5.41, 5.74) is 6.20. The smallest absolute Gasteiger partial charge is 0.218 e. The van der Waals surface area contributed by atoms with Crippen molar-refractivity contribution >= 4 is 5.82 Å². The van der Waals surface area contributed by atoms with Crippen LogP contribution in [0.4, 0.5) is 5.82 Å². The van der Waals surface area contributed by atoms with Crippen LogP contribution in [0.1, 0.15) is 12.8 Å². The molecule has 3 atom stereocenters. The largest absolute Gasteiger partial charge is 0.481 e. The molecule has 0 spiro atoms. The molecule has 0 amide bonds. The molecule has 1 saturated carbocycles. The van der Waals surface area contributed by atoms with Crippen LogP contribution in [0.5, 0.6) is 5.88 Å². The Labute approximate surface area is 101 Å². The van der Waals surface area contributed by atoms with Crippen LogP contribution in [0, 0.1) is 11.8 Å². The van der Waals surface area contributed by atoms with Crippen molar-refractivity contribution in [2.24, 2.45) is 17.6 Å². The first kappa shape index (κ1) is 10.8. The molecule has 1 saturated heterocycles. The van der Waals surface area contributed by atoms with E-state index in [1.165, 1.54) is 12.8 Å². The molecule has 1 aromatic heterocycles. The number of fused-ring (bicyclic) bond motifs is 2.